The number of aromatic nitrogens is 2. The largest absolute Gasteiger partial charge is 0.494 e. The maximum Gasteiger partial charge on any atom is 0.276 e. The van der Waals surface area contributed by atoms with E-state index in [1.54, 1.807) is 55.6 Å². The van der Waals surface area contributed by atoms with Gasteiger partial charge in [0.15, 0.2) is 5.69 Å². The third kappa shape index (κ3) is 5.16. The number of carbonyl (C=O) groups excluding carboxylic acids is 2. The van der Waals surface area contributed by atoms with Crippen LogP contribution in [0.5, 0.6) is 11.5 Å². The molecule has 0 unspecified atom stereocenters. The number of ether oxygens (including phenoxy) is 2. The summed E-state index contributed by atoms with van der Waals surface area (Å²) in [6.45, 7) is 4.95. The predicted octanol–water partition coefficient (Wildman–Crippen LogP) is 3.72. The fourth-order valence-corrected chi connectivity index (χ4v) is 2.78. The Morgan fingerprint density at radius 3 is 1.77 bits per heavy atom. The Balaban J connectivity index is 1.66. The summed E-state index contributed by atoms with van der Waals surface area (Å²) >= 11 is 0. The Bertz CT molecular complexity index is 1010. The Morgan fingerprint density at radius 2 is 1.30 bits per heavy atom. The van der Waals surface area contributed by atoms with Crippen molar-refractivity contribution in [3.8, 4) is 11.5 Å². The molecule has 2 aromatic carbocycles. The molecule has 0 aliphatic heterocycles. The van der Waals surface area contributed by atoms with Crippen LogP contribution >= 0.6 is 0 Å². The van der Waals surface area contributed by atoms with Crippen LogP contribution in [0.2, 0.25) is 0 Å². The van der Waals surface area contributed by atoms with Crippen molar-refractivity contribution in [1.82, 2.24) is 9.78 Å². The summed E-state index contributed by atoms with van der Waals surface area (Å²) < 4.78 is 12.1. The molecule has 0 radical (unpaired) electrons. The van der Waals surface area contributed by atoms with Gasteiger partial charge in [0.1, 0.15) is 17.2 Å². The normalized spacial score (nSPS) is 10.4. The van der Waals surface area contributed by atoms with Crippen LogP contribution in [0.3, 0.4) is 0 Å². The van der Waals surface area contributed by atoms with Gasteiger partial charge < -0.3 is 20.1 Å². The van der Waals surface area contributed by atoms with Gasteiger partial charge in [0, 0.05) is 24.5 Å². The second kappa shape index (κ2) is 9.60. The quantitative estimate of drug-likeness (QED) is 0.592. The highest BCUT2D eigenvalue weighted by Gasteiger charge is 2.18. The summed E-state index contributed by atoms with van der Waals surface area (Å²) in [5.74, 6) is 0.676. The van der Waals surface area contributed by atoms with Crippen molar-refractivity contribution in [2.75, 3.05) is 23.8 Å². The van der Waals surface area contributed by atoms with E-state index in [0.717, 1.165) is 11.5 Å². The second-order valence-electron chi connectivity index (χ2n) is 6.36. The lowest BCUT2D eigenvalue weighted by Crippen LogP contribution is -2.15. The molecule has 0 atom stereocenters. The van der Waals surface area contributed by atoms with Gasteiger partial charge in [-0.2, -0.15) is 5.10 Å². The molecular formula is C22H24N4O4. The van der Waals surface area contributed by atoms with Gasteiger partial charge >= 0.3 is 0 Å². The van der Waals surface area contributed by atoms with Crippen LogP contribution < -0.4 is 20.1 Å². The summed E-state index contributed by atoms with van der Waals surface area (Å²) in [5.41, 5.74) is 1.63. The molecule has 0 saturated heterocycles. The van der Waals surface area contributed by atoms with Crippen molar-refractivity contribution >= 4 is 23.2 Å². The minimum absolute atomic E-state index is 0.142. The number of nitrogens with one attached hydrogen (secondary N) is 2. The fourth-order valence-electron chi connectivity index (χ4n) is 2.78. The topological polar surface area (TPSA) is 94.5 Å². The minimum Gasteiger partial charge on any atom is -0.494 e. The highest BCUT2D eigenvalue weighted by molar-refractivity contribution is 6.07. The maximum absolute atomic E-state index is 12.6. The molecule has 2 N–H and O–H groups in total. The smallest absolute Gasteiger partial charge is 0.276 e. The van der Waals surface area contributed by atoms with E-state index < -0.39 is 5.91 Å². The highest BCUT2D eigenvalue weighted by atomic mass is 16.5. The molecule has 3 aromatic rings. The molecule has 0 aliphatic rings. The monoisotopic (exact) mass is 408 g/mol. The zero-order valence-corrected chi connectivity index (χ0v) is 17.1. The predicted molar refractivity (Wildman–Crippen MR) is 114 cm³/mol. The lowest BCUT2D eigenvalue weighted by Gasteiger charge is -2.07. The molecule has 0 fully saturated rings. The zero-order chi connectivity index (χ0) is 21.5. The Kier molecular flexibility index (Phi) is 6.69. The third-order valence-electron chi connectivity index (χ3n) is 4.19. The van der Waals surface area contributed by atoms with Gasteiger partial charge in [0.2, 0.25) is 0 Å². The first-order chi connectivity index (χ1) is 14.5. The zero-order valence-electron chi connectivity index (χ0n) is 17.1. The Morgan fingerprint density at radius 1 is 0.833 bits per heavy atom. The molecule has 8 heteroatoms. The van der Waals surface area contributed by atoms with Gasteiger partial charge in [-0.25, -0.2) is 0 Å². The molecule has 156 valence electrons. The number of benzene rings is 2. The average Bonchev–Trinajstić information content (AvgIpc) is 3.13. The molecule has 2 amide bonds. The standard InChI is InChI=1S/C22H24N4O4/c1-4-29-17-10-6-15(7-11-17)23-21(27)19-14-20(26(3)25-19)22(28)24-16-8-12-18(13-9-16)30-5-2/h6-14H,4-5H2,1-3H3,(H,23,27)(H,24,28). The second-order valence-corrected chi connectivity index (χ2v) is 6.36. The number of hydrogen-bond acceptors (Lipinski definition) is 5. The number of rotatable bonds is 8. The number of nitrogens with zero attached hydrogens (tertiary/aromatic N) is 2. The molecule has 0 saturated carbocycles. The average molecular weight is 408 g/mol. The van der Waals surface area contributed by atoms with Crippen molar-refractivity contribution in [1.29, 1.82) is 0 Å². The van der Waals surface area contributed by atoms with Crippen molar-refractivity contribution in [2.24, 2.45) is 7.05 Å². The summed E-state index contributed by atoms with van der Waals surface area (Å²) in [7, 11) is 1.61. The molecule has 30 heavy (non-hydrogen) atoms. The van der Waals surface area contributed by atoms with Gasteiger partial charge in [0.05, 0.1) is 13.2 Å². The van der Waals surface area contributed by atoms with Gasteiger partial charge in [-0.05, 0) is 62.4 Å². The van der Waals surface area contributed by atoms with Crippen LogP contribution in [0.1, 0.15) is 34.8 Å². The molecule has 0 spiro atoms. The number of amides is 2. The first kappa shape index (κ1) is 20.9. The number of anilines is 2. The van der Waals surface area contributed by atoms with Crippen LogP contribution in [-0.2, 0) is 7.05 Å². The van der Waals surface area contributed by atoms with Crippen LogP contribution in [0.25, 0.3) is 0 Å². The molecule has 8 nitrogen and oxygen atoms in total. The van der Waals surface area contributed by atoms with Crippen LogP contribution in [0.15, 0.2) is 54.6 Å². The van der Waals surface area contributed by atoms with Crippen LogP contribution in [0, 0.1) is 0 Å². The van der Waals surface area contributed by atoms with E-state index in [1.807, 2.05) is 13.8 Å². The molecular weight excluding hydrogens is 384 g/mol. The summed E-state index contributed by atoms with van der Waals surface area (Å²) in [6, 6.07) is 15.5. The minimum atomic E-state index is -0.408. The Labute approximate surface area is 174 Å². The molecule has 0 aliphatic carbocycles. The van der Waals surface area contributed by atoms with Gasteiger partial charge in [-0.15, -0.1) is 0 Å². The van der Waals surface area contributed by atoms with E-state index in [4.69, 9.17) is 9.47 Å². The first-order valence-corrected chi connectivity index (χ1v) is 9.62. The maximum atomic E-state index is 12.6. The van der Waals surface area contributed by atoms with Gasteiger partial charge in [-0.1, -0.05) is 0 Å². The highest BCUT2D eigenvalue weighted by Crippen LogP contribution is 2.18. The fraction of sp³-hybridized carbons (Fsp3) is 0.227. The van der Waals surface area contributed by atoms with E-state index in [0.29, 0.717) is 24.6 Å². The van der Waals surface area contributed by atoms with Crippen molar-refractivity contribution < 1.29 is 19.1 Å². The molecule has 3 rings (SSSR count). The number of hydrogen-bond donors (Lipinski definition) is 2. The third-order valence-corrected chi connectivity index (χ3v) is 4.19. The van der Waals surface area contributed by atoms with Crippen molar-refractivity contribution in [3.63, 3.8) is 0 Å². The van der Waals surface area contributed by atoms with Gasteiger partial charge in [0.25, 0.3) is 11.8 Å². The SMILES string of the molecule is CCOc1ccc(NC(=O)c2cc(C(=O)Nc3ccc(OCC)cc3)n(C)n2)cc1. The Hall–Kier alpha value is -3.81. The van der Waals surface area contributed by atoms with E-state index in [1.165, 1.54) is 10.7 Å². The van der Waals surface area contributed by atoms with E-state index in [2.05, 4.69) is 15.7 Å². The van der Waals surface area contributed by atoms with Crippen molar-refractivity contribution in [3.05, 3.63) is 66.0 Å². The number of aryl methyl sites for hydroxylation is 1. The lowest BCUT2D eigenvalue weighted by atomic mass is 10.2. The van der Waals surface area contributed by atoms with Crippen LogP contribution in [0.4, 0.5) is 11.4 Å². The lowest BCUT2D eigenvalue weighted by molar-refractivity contribution is 0.101. The van der Waals surface area contributed by atoms with E-state index >= 15 is 0 Å². The number of carbonyl (C=O) groups is 2. The summed E-state index contributed by atoms with van der Waals surface area (Å²) in [6.07, 6.45) is 0. The van der Waals surface area contributed by atoms with Crippen LogP contribution in [-0.4, -0.2) is 34.8 Å². The first-order valence-electron chi connectivity index (χ1n) is 9.62. The molecule has 1 heterocycles. The van der Waals surface area contributed by atoms with E-state index in [-0.39, 0.29) is 17.3 Å². The molecule has 0 bridgehead atoms. The molecule has 1 aromatic heterocycles. The van der Waals surface area contributed by atoms with Gasteiger partial charge in [-0.3, -0.25) is 14.3 Å². The summed E-state index contributed by atoms with van der Waals surface area (Å²) in [5, 5.41) is 9.70. The summed E-state index contributed by atoms with van der Waals surface area (Å²) in [4.78, 5) is 25.1. The van der Waals surface area contributed by atoms with Crippen molar-refractivity contribution in [2.45, 2.75) is 13.8 Å². The van der Waals surface area contributed by atoms with E-state index in [9.17, 15) is 9.59 Å².